The molecule has 1 aromatic rings. The van der Waals surface area contributed by atoms with E-state index in [0.29, 0.717) is 29.4 Å². The highest BCUT2D eigenvalue weighted by Gasteiger charge is 2.20. The molecule has 0 fully saturated rings. The first-order valence-corrected chi connectivity index (χ1v) is 5.76. The first-order valence-electron chi connectivity index (χ1n) is 5.39. The van der Waals surface area contributed by atoms with E-state index >= 15 is 0 Å². The summed E-state index contributed by atoms with van der Waals surface area (Å²) in [7, 11) is 0. The van der Waals surface area contributed by atoms with Gasteiger partial charge in [0.05, 0.1) is 5.02 Å². The number of aryl methyl sites for hydroxylation is 1. The Bertz CT molecular complexity index is 456. The molecule has 0 bridgehead atoms. The van der Waals surface area contributed by atoms with Crippen LogP contribution >= 0.6 is 11.6 Å². The second kappa shape index (κ2) is 4.84. The quantitative estimate of drug-likeness (QED) is 0.900. The van der Waals surface area contributed by atoms with E-state index in [2.05, 4.69) is 0 Å². The largest absolute Gasteiger partial charge is 0.481 e. The topological polar surface area (TPSA) is 55.8 Å². The minimum absolute atomic E-state index is 0.143. The number of carboxylic acids is 1. The van der Waals surface area contributed by atoms with Gasteiger partial charge in [-0.2, -0.15) is 0 Å². The molecule has 1 aliphatic rings. The Morgan fingerprint density at radius 3 is 3.00 bits per heavy atom. The molecule has 0 amide bonds. The van der Waals surface area contributed by atoms with Crippen molar-refractivity contribution in [2.75, 3.05) is 6.79 Å². The Hall–Kier alpha value is -1.42. The zero-order chi connectivity index (χ0) is 12.4. The van der Waals surface area contributed by atoms with Gasteiger partial charge in [-0.3, -0.25) is 4.79 Å². The van der Waals surface area contributed by atoms with Gasteiger partial charge in [0, 0.05) is 12.0 Å². The Balaban J connectivity index is 2.17. The summed E-state index contributed by atoms with van der Waals surface area (Å²) in [6.45, 7) is 2.08. The fourth-order valence-electron chi connectivity index (χ4n) is 1.86. The number of hydrogen-bond acceptors (Lipinski definition) is 3. The van der Waals surface area contributed by atoms with Crippen molar-refractivity contribution in [3.05, 3.63) is 22.2 Å². The predicted molar refractivity (Wildman–Crippen MR) is 62.9 cm³/mol. The average Bonchev–Trinajstić information content (AvgIpc) is 2.72. The number of rotatable bonds is 4. The molecule has 1 aliphatic heterocycles. The van der Waals surface area contributed by atoms with Gasteiger partial charge in [0.15, 0.2) is 11.5 Å². The van der Waals surface area contributed by atoms with Gasteiger partial charge in [-0.1, -0.05) is 11.6 Å². The third-order valence-electron chi connectivity index (χ3n) is 2.74. The van der Waals surface area contributed by atoms with Gasteiger partial charge >= 0.3 is 5.97 Å². The van der Waals surface area contributed by atoms with E-state index in [1.807, 2.05) is 13.0 Å². The molecule has 4 nitrogen and oxygen atoms in total. The maximum Gasteiger partial charge on any atom is 0.303 e. The summed E-state index contributed by atoms with van der Waals surface area (Å²) in [5, 5.41) is 9.23. The number of ether oxygens (including phenoxy) is 2. The van der Waals surface area contributed by atoms with Gasteiger partial charge in [0.1, 0.15) is 0 Å². The summed E-state index contributed by atoms with van der Waals surface area (Å²) in [5.74, 6) is 0.591. The lowest BCUT2D eigenvalue weighted by molar-refractivity contribution is -0.137. The Morgan fingerprint density at radius 1 is 1.53 bits per heavy atom. The number of hydrogen-bond donors (Lipinski definition) is 1. The zero-order valence-corrected chi connectivity index (χ0v) is 10.2. The highest BCUT2D eigenvalue weighted by Crippen LogP contribution is 2.41. The standard InChI is InChI=1S/C12H13ClO4/c1-7-11(13)8(3-2-4-10(14)15)5-9-12(7)17-6-16-9/h5H,2-4,6H2,1H3,(H,14,15). The molecule has 17 heavy (non-hydrogen) atoms. The molecule has 0 atom stereocenters. The number of carboxylic acid groups (broad SMARTS) is 1. The van der Waals surface area contributed by atoms with Crippen LogP contribution in [0.2, 0.25) is 5.02 Å². The van der Waals surface area contributed by atoms with Crippen molar-refractivity contribution < 1.29 is 19.4 Å². The molecular weight excluding hydrogens is 244 g/mol. The van der Waals surface area contributed by atoms with Gasteiger partial charge in [-0.25, -0.2) is 0 Å². The summed E-state index contributed by atoms with van der Waals surface area (Å²) in [6.07, 6.45) is 1.33. The Morgan fingerprint density at radius 2 is 2.29 bits per heavy atom. The summed E-state index contributed by atoms with van der Waals surface area (Å²) in [4.78, 5) is 10.5. The van der Waals surface area contributed by atoms with Crippen LogP contribution in [0.15, 0.2) is 6.07 Å². The van der Waals surface area contributed by atoms with Crippen molar-refractivity contribution in [2.45, 2.75) is 26.2 Å². The van der Waals surface area contributed by atoms with E-state index in [1.165, 1.54) is 0 Å². The third-order valence-corrected chi connectivity index (χ3v) is 3.26. The molecule has 0 spiro atoms. The van der Waals surface area contributed by atoms with Crippen molar-refractivity contribution in [1.82, 2.24) is 0 Å². The number of carbonyl (C=O) groups is 1. The lowest BCUT2D eigenvalue weighted by atomic mass is 10.0. The van der Waals surface area contributed by atoms with E-state index in [1.54, 1.807) is 0 Å². The minimum Gasteiger partial charge on any atom is -0.481 e. The van der Waals surface area contributed by atoms with Crippen LogP contribution in [0.1, 0.15) is 24.0 Å². The van der Waals surface area contributed by atoms with Crippen molar-refractivity contribution in [3.63, 3.8) is 0 Å². The van der Waals surface area contributed by atoms with Gasteiger partial charge in [0.2, 0.25) is 6.79 Å². The lowest BCUT2D eigenvalue weighted by Gasteiger charge is -2.09. The maximum atomic E-state index is 10.5. The lowest BCUT2D eigenvalue weighted by Crippen LogP contribution is -1.97. The van der Waals surface area contributed by atoms with Gasteiger partial charge in [-0.15, -0.1) is 0 Å². The maximum absolute atomic E-state index is 10.5. The molecule has 0 unspecified atom stereocenters. The number of benzene rings is 1. The molecule has 0 aromatic heterocycles. The monoisotopic (exact) mass is 256 g/mol. The summed E-state index contributed by atoms with van der Waals surface area (Å²) in [5.41, 5.74) is 1.77. The van der Waals surface area contributed by atoms with Crippen LogP contribution in [-0.2, 0) is 11.2 Å². The molecule has 1 heterocycles. The molecular formula is C12H13ClO4. The van der Waals surface area contributed by atoms with Crippen LogP contribution in [0.4, 0.5) is 0 Å². The second-order valence-corrected chi connectivity index (χ2v) is 4.33. The number of halogens is 1. The fourth-order valence-corrected chi connectivity index (χ4v) is 2.10. The van der Waals surface area contributed by atoms with Crippen LogP contribution in [0.5, 0.6) is 11.5 Å². The third kappa shape index (κ3) is 2.47. The molecule has 0 saturated heterocycles. The highest BCUT2D eigenvalue weighted by atomic mass is 35.5. The van der Waals surface area contributed by atoms with Crippen LogP contribution < -0.4 is 9.47 Å². The molecule has 1 N–H and O–H groups in total. The van der Waals surface area contributed by atoms with Crippen molar-refractivity contribution >= 4 is 17.6 Å². The molecule has 92 valence electrons. The van der Waals surface area contributed by atoms with Crippen molar-refractivity contribution in [2.24, 2.45) is 0 Å². The first kappa shape index (κ1) is 12.0. The summed E-state index contributed by atoms with van der Waals surface area (Å²) >= 11 is 6.21. The first-order chi connectivity index (χ1) is 8.09. The van der Waals surface area contributed by atoms with Crippen LogP contribution in [0.3, 0.4) is 0 Å². The molecule has 1 aromatic carbocycles. The SMILES string of the molecule is Cc1c(Cl)c(CCCC(=O)O)cc2c1OCO2. The van der Waals surface area contributed by atoms with E-state index in [0.717, 1.165) is 11.1 Å². The number of aliphatic carboxylic acids is 1. The molecule has 0 aliphatic carbocycles. The summed E-state index contributed by atoms with van der Waals surface area (Å²) < 4.78 is 10.6. The predicted octanol–water partition coefficient (Wildman–Crippen LogP) is 2.78. The molecule has 0 radical (unpaired) electrons. The van der Waals surface area contributed by atoms with Crippen molar-refractivity contribution in [3.8, 4) is 11.5 Å². The smallest absolute Gasteiger partial charge is 0.303 e. The summed E-state index contributed by atoms with van der Waals surface area (Å²) in [6, 6.07) is 1.83. The highest BCUT2D eigenvalue weighted by molar-refractivity contribution is 6.32. The Labute approximate surface area is 104 Å². The second-order valence-electron chi connectivity index (χ2n) is 3.96. The van der Waals surface area contributed by atoms with E-state index in [9.17, 15) is 4.79 Å². The normalized spacial score (nSPS) is 12.8. The van der Waals surface area contributed by atoms with Gasteiger partial charge in [-0.05, 0) is 31.4 Å². The average molecular weight is 257 g/mol. The molecule has 5 heteroatoms. The van der Waals surface area contributed by atoms with Crippen LogP contribution in [0.25, 0.3) is 0 Å². The van der Waals surface area contributed by atoms with E-state index in [-0.39, 0.29) is 13.2 Å². The van der Waals surface area contributed by atoms with E-state index in [4.69, 9.17) is 26.2 Å². The molecule has 0 saturated carbocycles. The van der Waals surface area contributed by atoms with Crippen LogP contribution in [0, 0.1) is 6.92 Å². The fraction of sp³-hybridized carbons (Fsp3) is 0.417. The van der Waals surface area contributed by atoms with Crippen LogP contribution in [-0.4, -0.2) is 17.9 Å². The van der Waals surface area contributed by atoms with Crippen molar-refractivity contribution in [1.29, 1.82) is 0 Å². The molecule has 2 rings (SSSR count). The van der Waals surface area contributed by atoms with Gasteiger partial charge < -0.3 is 14.6 Å². The number of fused-ring (bicyclic) bond motifs is 1. The van der Waals surface area contributed by atoms with Gasteiger partial charge in [0.25, 0.3) is 0 Å². The minimum atomic E-state index is -0.793. The van der Waals surface area contributed by atoms with E-state index < -0.39 is 5.97 Å². The zero-order valence-electron chi connectivity index (χ0n) is 9.46. The Kier molecular flexibility index (Phi) is 3.43.